The number of aromatic nitrogens is 3. The van der Waals surface area contributed by atoms with Gasteiger partial charge in [-0.05, 0) is 84.3 Å². The predicted octanol–water partition coefficient (Wildman–Crippen LogP) is 9.48. The summed E-state index contributed by atoms with van der Waals surface area (Å²) in [7, 11) is -0.847. The molecule has 322 valence electrons. The van der Waals surface area contributed by atoms with Crippen LogP contribution in [-0.4, -0.2) is 59.8 Å². The Bertz CT molecular complexity index is 2850. The summed E-state index contributed by atoms with van der Waals surface area (Å²) in [6, 6.07) is 48.5. The van der Waals surface area contributed by atoms with E-state index in [0.717, 1.165) is 17.0 Å². The SMILES string of the molecule is COc1ccc([Si](C)(C)[C@H]2[C@H](CCn3cc(C(CO)c4ccccc4)nn3)O[C@@]3(C(=O)N(c4ccccc4)c4ccc(N5C(=O)c6ccccc6Oc6ccccc65)cc43)[C@@H]2C)cc1. The van der Waals surface area contributed by atoms with Gasteiger partial charge in [0, 0.05) is 35.6 Å². The number of carbonyl (C=O) groups excluding carboxylic acids is 2. The molecule has 10 rings (SSSR count). The number of hydrogen-bond donors (Lipinski definition) is 1. The van der Waals surface area contributed by atoms with Crippen molar-refractivity contribution < 1.29 is 28.9 Å². The zero-order valence-corrected chi connectivity index (χ0v) is 37.2. The zero-order valence-electron chi connectivity index (χ0n) is 36.2. The summed E-state index contributed by atoms with van der Waals surface area (Å²) in [5.41, 5.74) is 3.92. The number of methoxy groups -OCH3 is 1. The Hall–Kier alpha value is -6.86. The number of aliphatic hydroxyl groups is 1. The number of anilines is 4. The average molecular weight is 868 g/mol. The number of aryl methyl sites for hydroxylation is 1. The lowest BCUT2D eigenvalue weighted by molar-refractivity contribution is -0.145. The van der Waals surface area contributed by atoms with Gasteiger partial charge in [0.05, 0.1) is 56.4 Å². The second kappa shape index (κ2) is 16.4. The molecule has 1 spiro atoms. The van der Waals surface area contributed by atoms with Crippen molar-refractivity contribution in [3.63, 3.8) is 0 Å². The van der Waals surface area contributed by atoms with Crippen molar-refractivity contribution in [2.24, 2.45) is 5.92 Å². The van der Waals surface area contributed by atoms with Gasteiger partial charge in [0.15, 0.2) is 11.4 Å². The lowest BCUT2D eigenvalue weighted by Crippen LogP contribution is -2.51. The molecule has 7 aromatic rings. The van der Waals surface area contributed by atoms with Crippen molar-refractivity contribution in [2.75, 3.05) is 23.5 Å². The third kappa shape index (κ3) is 6.71. The molecule has 6 aromatic carbocycles. The first-order chi connectivity index (χ1) is 31.1. The molecule has 3 aliphatic heterocycles. The molecule has 5 atom stereocenters. The monoisotopic (exact) mass is 867 g/mol. The first kappa shape index (κ1) is 41.2. The molecule has 3 aliphatic rings. The number of rotatable bonds is 11. The van der Waals surface area contributed by atoms with Gasteiger partial charge in [-0.2, -0.15) is 0 Å². The maximum atomic E-state index is 15.8. The summed E-state index contributed by atoms with van der Waals surface area (Å²) in [4.78, 5) is 34.0. The first-order valence-corrected chi connectivity index (χ1v) is 24.8. The fraction of sp³-hybridized carbons (Fsp3) is 0.231. The molecule has 64 heavy (non-hydrogen) atoms. The van der Waals surface area contributed by atoms with Crippen LogP contribution in [0.2, 0.25) is 18.6 Å². The molecule has 0 saturated carbocycles. The Morgan fingerprint density at radius 3 is 2.20 bits per heavy atom. The van der Waals surface area contributed by atoms with Crippen molar-refractivity contribution in [1.82, 2.24) is 15.0 Å². The van der Waals surface area contributed by atoms with Crippen LogP contribution in [0.15, 0.2) is 158 Å². The van der Waals surface area contributed by atoms with Crippen molar-refractivity contribution in [3.8, 4) is 17.2 Å². The Labute approximate surface area is 373 Å². The minimum Gasteiger partial charge on any atom is -0.497 e. The minimum atomic E-state index is -2.52. The molecule has 4 heterocycles. The van der Waals surface area contributed by atoms with E-state index >= 15 is 4.79 Å². The number of benzene rings is 6. The van der Waals surface area contributed by atoms with E-state index in [1.54, 1.807) is 29.0 Å². The normalized spacial score (nSPS) is 20.7. The van der Waals surface area contributed by atoms with Crippen LogP contribution in [0.5, 0.6) is 17.2 Å². The van der Waals surface area contributed by atoms with E-state index in [4.69, 9.17) is 14.2 Å². The van der Waals surface area contributed by atoms with E-state index in [9.17, 15) is 9.90 Å². The number of aliphatic hydroxyl groups excluding tert-OH is 1. The molecular formula is C52H49N5O6Si. The van der Waals surface area contributed by atoms with Gasteiger partial charge in [-0.1, -0.05) is 115 Å². The number of nitrogens with zero attached hydrogens (tertiary/aromatic N) is 5. The van der Waals surface area contributed by atoms with Gasteiger partial charge in [-0.3, -0.25) is 24.1 Å². The molecule has 0 bridgehead atoms. The molecule has 2 amide bonds. The summed E-state index contributed by atoms with van der Waals surface area (Å²) in [5, 5.41) is 20.7. The number of carbonyl (C=O) groups is 2. The summed E-state index contributed by atoms with van der Waals surface area (Å²) in [6.45, 7) is 7.26. The third-order valence-corrected chi connectivity index (χ3v) is 17.9. The van der Waals surface area contributed by atoms with Gasteiger partial charge < -0.3 is 19.3 Å². The number of hydrogen-bond acceptors (Lipinski definition) is 8. The largest absolute Gasteiger partial charge is 0.497 e. The lowest BCUT2D eigenvalue weighted by atomic mass is 9.82. The van der Waals surface area contributed by atoms with Crippen LogP contribution in [0, 0.1) is 5.92 Å². The van der Waals surface area contributed by atoms with E-state index in [2.05, 4.69) is 42.5 Å². The Morgan fingerprint density at radius 2 is 1.47 bits per heavy atom. The van der Waals surface area contributed by atoms with Gasteiger partial charge in [0.2, 0.25) is 0 Å². The molecular weight excluding hydrogens is 819 g/mol. The average Bonchev–Trinajstić information content (AvgIpc) is 3.96. The van der Waals surface area contributed by atoms with Gasteiger partial charge in [-0.25, -0.2) is 0 Å². The van der Waals surface area contributed by atoms with Gasteiger partial charge >= 0.3 is 0 Å². The van der Waals surface area contributed by atoms with Crippen LogP contribution < -0.4 is 24.5 Å². The highest BCUT2D eigenvalue weighted by Crippen LogP contribution is 2.62. The highest BCUT2D eigenvalue weighted by molar-refractivity contribution is 6.91. The standard InChI is InChI=1S/C52H49N5O6Si/c1-34-49(64(3,4)39-26-24-38(61-2)25-27-39)48(29-30-55-32-43(53-54-55)41(33-58)35-15-7-5-8-16-35)63-52(34)42-31-37(23-28-44(42)57(51(52)60)36-17-9-6-10-18-36)56-45-20-12-14-22-47(45)62-46-21-13-11-19-40(46)50(56)59/h5-28,31-32,34,41,48-49,58H,29-30,33H2,1-4H3/t34-,41?,48+,49-,52+/m1/s1. The summed E-state index contributed by atoms with van der Waals surface area (Å²) in [5.74, 6) is 0.755. The molecule has 1 fully saturated rings. The van der Waals surface area contributed by atoms with Crippen molar-refractivity contribution in [1.29, 1.82) is 0 Å². The number of fused-ring (bicyclic) bond motifs is 4. The smallest absolute Gasteiger partial charge is 0.268 e. The molecule has 1 saturated heterocycles. The van der Waals surface area contributed by atoms with Crippen LogP contribution in [0.3, 0.4) is 0 Å². The van der Waals surface area contributed by atoms with Crippen LogP contribution in [0.4, 0.5) is 22.7 Å². The topological polar surface area (TPSA) is 119 Å². The fourth-order valence-corrected chi connectivity index (χ4v) is 14.5. The lowest BCUT2D eigenvalue weighted by Gasteiger charge is -2.37. The van der Waals surface area contributed by atoms with Crippen molar-refractivity contribution >= 4 is 47.8 Å². The maximum absolute atomic E-state index is 15.8. The van der Waals surface area contributed by atoms with Crippen LogP contribution in [0.25, 0.3) is 0 Å². The summed E-state index contributed by atoms with van der Waals surface area (Å²) in [6.07, 6.45) is 2.06. The molecule has 1 unspecified atom stereocenters. The first-order valence-electron chi connectivity index (χ1n) is 21.8. The second-order valence-electron chi connectivity index (χ2n) is 17.4. The summed E-state index contributed by atoms with van der Waals surface area (Å²) >= 11 is 0. The molecule has 0 radical (unpaired) electrons. The number of ether oxygens (including phenoxy) is 3. The Kier molecular flexibility index (Phi) is 10.5. The number of para-hydroxylation sites is 4. The highest BCUT2D eigenvalue weighted by Gasteiger charge is 2.66. The van der Waals surface area contributed by atoms with Crippen LogP contribution >= 0.6 is 0 Å². The molecule has 1 N–H and O–H groups in total. The molecule has 11 nitrogen and oxygen atoms in total. The van der Waals surface area contributed by atoms with E-state index < -0.39 is 13.7 Å². The molecule has 1 aromatic heterocycles. The van der Waals surface area contributed by atoms with Crippen LogP contribution in [-0.2, 0) is 21.7 Å². The van der Waals surface area contributed by atoms with E-state index in [0.29, 0.717) is 58.3 Å². The fourth-order valence-electron chi connectivity index (χ4n) is 10.4. The minimum absolute atomic E-state index is 0.0598. The van der Waals surface area contributed by atoms with Crippen LogP contribution in [0.1, 0.15) is 46.4 Å². The van der Waals surface area contributed by atoms with E-state index in [1.165, 1.54) is 5.19 Å². The third-order valence-electron chi connectivity index (χ3n) is 13.6. The Balaban J connectivity index is 1.10. The number of amides is 2. The quantitative estimate of drug-likeness (QED) is 0.128. The Morgan fingerprint density at radius 1 is 0.781 bits per heavy atom. The van der Waals surface area contributed by atoms with Gasteiger partial charge in [0.25, 0.3) is 11.8 Å². The van der Waals surface area contributed by atoms with E-state index in [1.807, 2.05) is 138 Å². The highest BCUT2D eigenvalue weighted by atomic mass is 28.3. The summed E-state index contributed by atoms with van der Waals surface area (Å²) < 4.78 is 21.3. The van der Waals surface area contributed by atoms with Gasteiger partial charge in [0.1, 0.15) is 11.5 Å². The predicted molar refractivity (Wildman–Crippen MR) is 249 cm³/mol. The van der Waals surface area contributed by atoms with Crippen molar-refractivity contribution in [2.45, 2.75) is 56.1 Å². The molecule has 12 heteroatoms. The van der Waals surface area contributed by atoms with Crippen molar-refractivity contribution in [3.05, 3.63) is 180 Å². The second-order valence-corrected chi connectivity index (χ2v) is 22.1. The maximum Gasteiger partial charge on any atom is 0.268 e. The van der Waals surface area contributed by atoms with E-state index in [-0.39, 0.29) is 41.9 Å². The van der Waals surface area contributed by atoms with Gasteiger partial charge in [-0.15, -0.1) is 5.10 Å². The zero-order chi connectivity index (χ0) is 44.2. The molecule has 0 aliphatic carbocycles.